The summed E-state index contributed by atoms with van der Waals surface area (Å²) in [5.41, 5.74) is 3.07. The van der Waals surface area contributed by atoms with Crippen LogP contribution in [0.4, 0.5) is 0 Å². The molecule has 0 N–H and O–H groups in total. The topological polar surface area (TPSA) is 60.5 Å². The smallest absolute Gasteiger partial charge is 0.316 e. The lowest BCUT2D eigenvalue weighted by Crippen LogP contribution is -2.38. The largest absolute Gasteiger partial charge is 0.472 e. The molecule has 0 aromatic carbocycles. The average molecular weight is 303 g/mol. The van der Waals surface area contributed by atoms with Gasteiger partial charge in [-0.1, -0.05) is 0 Å². The Balaban J connectivity index is 1.86. The Hall–Kier alpha value is -2.08. The summed E-state index contributed by atoms with van der Waals surface area (Å²) in [7, 11) is 0. The van der Waals surface area contributed by atoms with E-state index in [1.807, 2.05) is 23.9 Å². The summed E-state index contributed by atoms with van der Waals surface area (Å²) >= 11 is 0. The summed E-state index contributed by atoms with van der Waals surface area (Å²) < 4.78 is 12.4. The first-order valence-electron chi connectivity index (χ1n) is 7.66. The van der Waals surface area contributed by atoms with Crippen LogP contribution in [0, 0.1) is 0 Å². The molecule has 1 aliphatic rings. The van der Waals surface area contributed by atoms with E-state index in [0.717, 1.165) is 36.6 Å². The van der Waals surface area contributed by atoms with Gasteiger partial charge in [-0.15, -0.1) is 0 Å². The number of fused-ring (bicyclic) bond motifs is 1. The molecule has 3 heterocycles. The number of hydrogen-bond acceptors (Lipinski definition) is 5. The first-order chi connectivity index (χ1) is 10.7. The van der Waals surface area contributed by atoms with Crippen molar-refractivity contribution in [1.29, 1.82) is 0 Å². The fourth-order valence-electron chi connectivity index (χ4n) is 3.02. The summed E-state index contributed by atoms with van der Waals surface area (Å²) in [6, 6.07) is 1.94. The van der Waals surface area contributed by atoms with E-state index in [1.54, 1.807) is 12.5 Å². The van der Waals surface area contributed by atoms with Gasteiger partial charge in [-0.25, -0.2) is 4.98 Å². The summed E-state index contributed by atoms with van der Waals surface area (Å²) in [6.45, 7) is 7.22. The van der Waals surface area contributed by atoms with Gasteiger partial charge in [0.1, 0.15) is 5.92 Å². The zero-order valence-corrected chi connectivity index (χ0v) is 13.0. The zero-order chi connectivity index (χ0) is 15.5. The van der Waals surface area contributed by atoms with Crippen LogP contribution in [0.25, 0.3) is 0 Å². The van der Waals surface area contributed by atoms with E-state index in [4.69, 9.17) is 9.15 Å². The van der Waals surface area contributed by atoms with Crippen molar-refractivity contribution in [2.24, 2.45) is 0 Å². The Kier molecular flexibility index (Phi) is 4.29. The number of carbonyl (C=O) groups excluding carboxylic acids is 1. The van der Waals surface area contributed by atoms with Crippen molar-refractivity contribution in [3.63, 3.8) is 0 Å². The summed E-state index contributed by atoms with van der Waals surface area (Å²) in [5, 5.41) is 0. The quantitative estimate of drug-likeness (QED) is 0.792. The van der Waals surface area contributed by atoms with Crippen LogP contribution in [-0.2, 0) is 29.2 Å². The molecule has 22 heavy (non-hydrogen) atoms. The SMILES string of the molecule is CCOC(=O)[C@@H]1CN(Cc2ccoc2)Cc2ncn(CC)c21. The van der Waals surface area contributed by atoms with Crippen molar-refractivity contribution in [2.75, 3.05) is 13.2 Å². The van der Waals surface area contributed by atoms with Crippen LogP contribution in [0.2, 0.25) is 0 Å². The highest BCUT2D eigenvalue weighted by atomic mass is 16.5. The Morgan fingerprint density at radius 2 is 2.36 bits per heavy atom. The minimum Gasteiger partial charge on any atom is -0.472 e. The van der Waals surface area contributed by atoms with Gasteiger partial charge in [0.25, 0.3) is 0 Å². The number of esters is 1. The molecule has 0 unspecified atom stereocenters. The normalized spacial score (nSPS) is 18.2. The first-order valence-corrected chi connectivity index (χ1v) is 7.66. The van der Waals surface area contributed by atoms with Crippen LogP contribution in [0.5, 0.6) is 0 Å². The molecule has 118 valence electrons. The molecule has 6 nitrogen and oxygen atoms in total. The van der Waals surface area contributed by atoms with Gasteiger partial charge >= 0.3 is 5.97 Å². The number of aryl methyl sites for hydroxylation is 1. The summed E-state index contributed by atoms with van der Waals surface area (Å²) in [6.07, 6.45) is 5.22. The van der Waals surface area contributed by atoms with Gasteiger partial charge in [-0.3, -0.25) is 9.69 Å². The second-order valence-corrected chi connectivity index (χ2v) is 5.47. The monoisotopic (exact) mass is 303 g/mol. The molecule has 2 aromatic rings. The van der Waals surface area contributed by atoms with Gasteiger partial charge in [-0.05, 0) is 19.9 Å². The van der Waals surface area contributed by atoms with Crippen LogP contribution in [-0.4, -0.2) is 33.6 Å². The first kappa shape index (κ1) is 14.8. The maximum absolute atomic E-state index is 12.4. The van der Waals surface area contributed by atoms with Gasteiger partial charge in [0, 0.05) is 31.7 Å². The third-order valence-corrected chi connectivity index (χ3v) is 4.00. The molecule has 0 aliphatic carbocycles. The molecule has 0 saturated carbocycles. The number of ether oxygens (including phenoxy) is 1. The molecule has 3 rings (SSSR count). The molecule has 2 aromatic heterocycles. The van der Waals surface area contributed by atoms with Crippen LogP contribution in [0.15, 0.2) is 29.3 Å². The lowest BCUT2D eigenvalue weighted by molar-refractivity contribution is -0.146. The van der Waals surface area contributed by atoms with E-state index in [2.05, 4.69) is 16.8 Å². The predicted molar refractivity (Wildman–Crippen MR) is 80.1 cm³/mol. The van der Waals surface area contributed by atoms with Gasteiger partial charge < -0.3 is 13.7 Å². The number of hydrogen-bond donors (Lipinski definition) is 0. The van der Waals surface area contributed by atoms with Crippen LogP contribution >= 0.6 is 0 Å². The van der Waals surface area contributed by atoms with E-state index in [9.17, 15) is 4.79 Å². The Morgan fingerprint density at radius 1 is 1.50 bits per heavy atom. The molecule has 0 spiro atoms. The molecule has 0 bridgehead atoms. The molecule has 0 radical (unpaired) electrons. The fraction of sp³-hybridized carbons (Fsp3) is 0.500. The standard InChI is InChI=1S/C16H21N3O3/c1-3-19-11-17-14-9-18(7-12-5-6-21-10-12)8-13(15(14)19)16(20)22-4-2/h5-6,10-11,13H,3-4,7-9H2,1-2H3/t13-/m1/s1. The number of furan rings is 1. The second kappa shape index (κ2) is 6.36. The number of imidazole rings is 1. The van der Waals surface area contributed by atoms with E-state index in [-0.39, 0.29) is 11.9 Å². The maximum Gasteiger partial charge on any atom is 0.316 e. The van der Waals surface area contributed by atoms with E-state index >= 15 is 0 Å². The van der Waals surface area contributed by atoms with Gasteiger partial charge in [0.15, 0.2) is 0 Å². The molecule has 0 amide bonds. The highest BCUT2D eigenvalue weighted by Crippen LogP contribution is 2.30. The zero-order valence-electron chi connectivity index (χ0n) is 13.0. The lowest BCUT2D eigenvalue weighted by atomic mass is 9.97. The van der Waals surface area contributed by atoms with E-state index < -0.39 is 0 Å². The molecule has 1 atom stereocenters. The summed E-state index contributed by atoms with van der Waals surface area (Å²) in [5.74, 6) is -0.450. The van der Waals surface area contributed by atoms with E-state index in [0.29, 0.717) is 13.2 Å². The maximum atomic E-state index is 12.4. The Labute approximate surface area is 129 Å². The number of nitrogens with zero attached hydrogens (tertiary/aromatic N) is 3. The molecular formula is C16H21N3O3. The van der Waals surface area contributed by atoms with Gasteiger partial charge in [0.2, 0.25) is 0 Å². The highest BCUT2D eigenvalue weighted by molar-refractivity contribution is 5.78. The third kappa shape index (κ3) is 2.78. The Morgan fingerprint density at radius 3 is 3.05 bits per heavy atom. The molecule has 0 fully saturated rings. The van der Waals surface area contributed by atoms with Crippen molar-refractivity contribution in [3.05, 3.63) is 41.9 Å². The van der Waals surface area contributed by atoms with E-state index in [1.165, 1.54) is 0 Å². The fourth-order valence-corrected chi connectivity index (χ4v) is 3.02. The second-order valence-electron chi connectivity index (χ2n) is 5.47. The predicted octanol–water partition coefficient (Wildman–Crippen LogP) is 2.16. The number of carbonyl (C=O) groups is 1. The van der Waals surface area contributed by atoms with Crippen LogP contribution in [0.3, 0.4) is 0 Å². The van der Waals surface area contributed by atoms with Crippen molar-refractivity contribution in [3.8, 4) is 0 Å². The summed E-state index contributed by atoms with van der Waals surface area (Å²) in [4.78, 5) is 19.1. The van der Waals surface area contributed by atoms with Crippen LogP contribution < -0.4 is 0 Å². The average Bonchev–Trinajstić information content (AvgIpc) is 3.15. The highest BCUT2D eigenvalue weighted by Gasteiger charge is 2.35. The van der Waals surface area contributed by atoms with Crippen molar-refractivity contribution in [2.45, 2.75) is 39.4 Å². The Bertz CT molecular complexity index is 633. The van der Waals surface area contributed by atoms with Crippen molar-refractivity contribution >= 4 is 5.97 Å². The molecular weight excluding hydrogens is 282 g/mol. The van der Waals surface area contributed by atoms with Crippen molar-refractivity contribution < 1.29 is 13.9 Å². The van der Waals surface area contributed by atoms with Gasteiger partial charge in [0.05, 0.1) is 36.8 Å². The minimum absolute atomic E-state index is 0.171. The van der Waals surface area contributed by atoms with Crippen LogP contribution in [0.1, 0.15) is 36.7 Å². The molecule has 0 saturated heterocycles. The minimum atomic E-state index is -0.280. The molecule has 1 aliphatic heterocycles. The third-order valence-electron chi connectivity index (χ3n) is 4.00. The van der Waals surface area contributed by atoms with Gasteiger partial charge in [-0.2, -0.15) is 0 Å². The van der Waals surface area contributed by atoms with Crippen molar-refractivity contribution in [1.82, 2.24) is 14.5 Å². The lowest BCUT2D eigenvalue weighted by Gasteiger charge is -2.31. The molecule has 6 heteroatoms. The number of aromatic nitrogens is 2. The number of rotatable bonds is 5.